The maximum Gasteiger partial charge on any atom is 0.306 e. The summed E-state index contributed by atoms with van der Waals surface area (Å²) in [6.45, 7) is 4.32. The number of unbranched alkanes of at least 4 members (excludes halogenated alkanes) is 8. The number of carboxylic acids is 1. The Morgan fingerprint density at radius 2 is 1.12 bits per heavy atom. The van der Waals surface area contributed by atoms with Crippen molar-refractivity contribution in [1.82, 2.24) is 0 Å². The first kappa shape index (κ1) is 37.4. The zero-order chi connectivity index (χ0) is 29.4. The van der Waals surface area contributed by atoms with Crippen molar-refractivity contribution in [2.45, 2.75) is 142 Å². The fourth-order valence-electron chi connectivity index (χ4n) is 4.07. The van der Waals surface area contributed by atoms with Crippen molar-refractivity contribution in [1.29, 1.82) is 0 Å². The number of hydrogen-bond acceptors (Lipinski definition) is 3. The Kier molecular flexibility index (Phi) is 28.9. The monoisotopic (exact) mass is 554 g/mol. The third-order valence-corrected chi connectivity index (χ3v) is 6.38. The van der Waals surface area contributed by atoms with Crippen LogP contribution in [0, 0.1) is 0 Å². The molecule has 40 heavy (non-hydrogen) atoms. The van der Waals surface area contributed by atoms with Gasteiger partial charge in [-0.3, -0.25) is 9.59 Å². The van der Waals surface area contributed by atoms with Crippen molar-refractivity contribution in [3.8, 4) is 0 Å². The number of carbonyl (C=O) groups excluding carboxylic acids is 1. The molecule has 0 aromatic carbocycles. The van der Waals surface area contributed by atoms with Gasteiger partial charge in [-0.05, 0) is 83.1 Å². The molecule has 1 unspecified atom stereocenters. The van der Waals surface area contributed by atoms with Gasteiger partial charge in [-0.25, -0.2) is 0 Å². The number of carbonyl (C=O) groups is 2. The Morgan fingerprint density at radius 1 is 0.600 bits per heavy atom. The van der Waals surface area contributed by atoms with Gasteiger partial charge >= 0.3 is 11.9 Å². The molecule has 0 heterocycles. The molecule has 0 amide bonds. The highest BCUT2D eigenvalue weighted by atomic mass is 16.5. The lowest BCUT2D eigenvalue weighted by molar-refractivity contribution is -0.147. The number of carboxylic acid groups (broad SMARTS) is 1. The Morgan fingerprint density at radius 3 is 1.75 bits per heavy atom. The molecule has 0 aliphatic heterocycles. The van der Waals surface area contributed by atoms with E-state index in [1.54, 1.807) is 0 Å². The summed E-state index contributed by atoms with van der Waals surface area (Å²) in [6.07, 6.45) is 43.6. The van der Waals surface area contributed by atoms with Crippen LogP contribution < -0.4 is 0 Å². The second-order valence-corrected chi connectivity index (χ2v) is 10.3. The fourth-order valence-corrected chi connectivity index (χ4v) is 4.07. The molecule has 0 saturated carbocycles. The molecule has 226 valence electrons. The SMILES string of the molecule is CC/C=C\C/C=C\C/C=C\C/C=C\CCCCCCC(=O)OC(/C=C\C/C=C\CCC)CCCCCCC(=O)O. The molecule has 0 aliphatic carbocycles. The van der Waals surface area contributed by atoms with E-state index in [0.717, 1.165) is 103 Å². The lowest BCUT2D eigenvalue weighted by Crippen LogP contribution is -2.16. The van der Waals surface area contributed by atoms with Crippen LogP contribution in [0.5, 0.6) is 0 Å². The minimum absolute atomic E-state index is 0.110. The Balaban J connectivity index is 4.06. The molecule has 0 spiro atoms. The molecule has 1 atom stereocenters. The van der Waals surface area contributed by atoms with Gasteiger partial charge in [0.1, 0.15) is 6.10 Å². The van der Waals surface area contributed by atoms with Crippen LogP contribution in [0.15, 0.2) is 72.9 Å². The van der Waals surface area contributed by atoms with Gasteiger partial charge < -0.3 is 9.84 Å². The minimum atomic E-state index is -0.736. The molecule has 1 N–H and O–H groups in total. The van der Waals surface area contributed by atoms with Gasteiger partial charge in [0.15, 0.2) is 0 Å². The average molecular weight is 555 g/mol. The zero-order valence-corrected chi connectivity index (χ0v) is 25.6. The summed E-state index contributed by atoms with van der Waals surface area (Å²) in [5.74, 6) is -0.846. The van der Waals surface area contributed by atoms with E-state index in [2.05, 4.69) is 80.7 Å². The summed E-state index contributed by atoms with van der Waals surface area (Å²) >= 11 is 0. The second-order valence-electron chi connectivity index (χ2n) is 10.3. The van der Waals surface area contributed by atoms with Crippen molar-refractivity contribution in [2.75, 3.05) is 0 Å². The number of rotatable bonds is 27. The van der Waals surface area contributed by atoms with Crippen molar-refractivity contribution >= 4 is 11.9 Å². The predicted molar refractivity (Wildman–Crippen MR) is 171 cm³/mol. The first-order valence-corrected chi connectivity index (χ1v) is 15.9. The van der Waals surface area contributed by atoms with Gasteiger partial charge in [-0.2, -0.15) is 0 Å². The number of aliphatic carboxylic acids is 1. The van der Waals surface area contributed by atoms with Crippen LogP contribution in [0.1, 0.15) is 136 Å². The van der Waals surface area contributed by atoms with Crippen molar-refractivity contribution in [2.24, 2.45) is 0 Å². The van der Waals surface area contributed by atoms with Gasteiger partial charge in [-0.1, -0.05) is 113 Å². The van der Waals surface area contributed by atoms with E-state index in [4.69, 9.17) is 9.84 Å². The summed E-state index contributed by atoms with van der Waals surface area (Å²) in [5.41, 5.74) is 0. The third-order valence-electron chi connectivity index (χ3n) is 6.38. The number of ether oxygens (including phenoxy) is 1. The third kappa shape index (κ3) is 29.9. The number of hydrogen-bond donors (Lipinski definition) is 1. The lowest BCUT2D eigenvalue weighted by atomic mass is 10.1. The summed E-state index contributed by atoms with van der Waals surface area (Å²) < 4.78 is 5.78. The van der Waals surface area contributed by atoms with Gasteiger partial charge in [0, 0.05) is 12.8 Å². The van der Waals surface area contributed by atoms with Crippen LogP contribution in [0.4, 0.5) is 0 Å². The van der Waals surface area contributed by atoms with Crippen LogP contribution >= 0.6 is 0 Å². The van der Waals surface area contributed by atoms with E-state index in [1.165, 1.54) is 0 Å². The summed E-state index contributed by atoms with van der Waals surface area (Å²) in [7, 11) is 0. The van der Waals surface area contributed by atoms with Crippen LogP contribution in [-0.4, -0.2) is 23.1 Å². The normalized spacial score (nSPS) is 13.2. The number of esters is 1. The summed E-state index contributed by atoms with van der Waals surface area (Å²) in [5, 5.41) is 8.77. The topological polar surface area (TPSA) is 63.6 Å². The molecule has 0 radical (unpaired) electrons. The smallest absolute Gasteiger partial charge is 0.306 e. The molecule has 0 aromatic heterocycles. The molecule has 0 aliphatic rings. The fraction of sp³-hybridized carbons (Fsp3) is 0.611. The van der Waals surface area contributed by atoms with E-state index in [0.29, 0.717) is 12.8 Å². The lowest BCUT2D eigenvalue weighted by Gasteiger charge is -2.14. The second kappa shape index (κ2) is 30.9. The van der Waals surface area contributed by atoms with Crippen LogP contribution in [-0.2, 0) is 14.3 Å². The van der Waals surface area contributed by atoms with Gasteiger partial charge in [0.25, 0.3) is 0 Å². The van der Waals surface area contributed by atoms with Crippen molar-refractivity contribution in [3.05, 3.63) is 72.9 Å². The average Bonchev–Trinajstić information content (AvgIpc) is 2.93. The molecule has 0 bridgehead atoms. The maximum absolute atomic E-state index is 12.4. The summed E-state index contributed by atoms with van der Waals surface area (Å²) in [6, 6.07) is 0. The minimum Gasteiger partial charge on any atom is -0.481 e. The molecular formula is C36H58O4. The standard InChI is InChI=1S/C36H58O4/c1-3-5-7-9-11-12-13-14-15-16-17-18-19-20-21-23-29-33-36(39)40-34(30-26-22-10-8-6-4-2)31-27-24-25-28-32-35(37)38/h5,7-8,10-12,14-15,17-18,26,30,34H,3-4,6,9,13,16,19-25,27-29,31-33H2,1-2H3,(H,37,38)/b7-5-,10-8-,12-11-,15-14-,18-17-,30-26-. The quantitative estimate of drug-likeness (QED) is 0.0623. The van der Waals surface area contributed by atoms with E-state index >= 15 is 0 Å². The predicted octanol–water partition coefficient (Wildman–Crippen LogP) is 10.8. The van der Waals surface area contributed by atoms with Crippen LogP contribution in [0.3, 0.4) is 0 Å². The van der Waals surface area contributed by atoms with Crippen molar-refractivity contribution in [3.63, 3.8) is 0 Å². The Labute approximate surface area is 246 Å². The van der Waals surface area contributed by atoms with E-state index < -0.39 is 5.97 Å². The highest BCUT2D eigenvalue weighted by Crippen LogP contribution is 2.14. The maximum atomic E-state index is 12.4. The van der Waals surface area contributed by atoms with E-state index in [9.17, 15) is 9.59 Å². The summed E-state index contributed by atoms with van der Waals surface area (Å²) in [4.78, 5) is 23.1. The molecule has 0 saturated heterocycles. The molecular weight excluding hydrogens is 496 g/mol. The van der Waals surface area contributed by atoms with E-state index in [-0.39, 0.29) is 18.5 Å². The molecule has 0 rings (SSSR count). The van der Waals surface area contributed by atoms with Gasteiger partial charge in [0.05, 0.1) is 0 Å². The largest absolute Gasteiger partial charge is 0.481 e. The molecule has 4 heteroatoms. The first-order chi connectivity index (χ1) is 19.6. The highest BCUT2D eigenvalue weighted by Gasteiger charge is 2.11. The van der Waals surface area contributed by atoms with Gasteiger partial charge in [0.2, 0.25) is 0 Å². The van der Waals surface area contributed by atoms with Gasteiger partial charge in [-0.15, -0.1) is 0 Å². The van der Waals surface area contributed by atoms with E-state index in [1.807, 2.05) is 6.08 Å². The molecule has 0 aromatic rings. The van der Waals surface area contributed by atoms with Crippen molar-refractivity contribution < 1.29 is 19.4 Å². The van der Waals surface area contributed by atoms with Crippen LogP contribution in [0.2, 0.25) is 0 Å². The first-order valence-electron chi connectivity index (χ1n) is 15.9. The molecule has 4 nitrogen and oxygen atoms in total. The molecule has 0 fully saturated rings. The Hall–Kier alpha value is -2.62. The Bertz CT molecular complexity index is 770. The zero-order valence-electron chi connectivity index (χ0n) is 25.6. The number of allylic oxidation sites excluding steroid dienone is 11. The highest BCUT2D eigenvalue weighted by molar-refractivity contribution is 5.69. The van der Waals surface area contributed by atoms with Crippen LogP contribution in [0.25, 0.3) is 0 Å².